The molecule has 0 atom stereocenters. The third-order valence-electron chi connectivity index (χ3n) is 2.14. The van der Waals surface area contributed by atoms with Crippen LogP contribution in [0.2, 0.25) is 0 Å². The van der Waals surface area contributed by atoms with E-state index in [2.05, 4.69) is 27.4 Å². The Balaban J connectivity index is 0. The van der Waals surface area contributed by atoms with Gasteiger partial charge >= 0.3 is 0 Å². The molecule has 0 spiro atoms. The highest BCUT2D eigenvalue weighted by atomic mass is 35.5. The Morgan fingerprint density at radius 1 is 1.19 bits per heavy atom. The maximum absolute atomic E-state index is 5.74. The number of hydrogen-bond acceptors (Lipinski definition) is 0. The van der Waals surface area contributed by atoms with Crippen LogP contribution in [0, 0.1) is 5.92 Å². The average Bonchev–Trinajstić information content (AvgIpc) is 2.25. The van der Waals surface area contributed by atoms with Gasteiger partial charge in [0.15, 0.2) is 0 Å². The zero-order valence-electron chi connectivity index (χ0n) is 11.7. The lowest BCUT2D eigenvalue weighted by atomic mass is 9.99. The van der Waals surface area contributed by atoms with Crippen molar-refractivity contribution in [2.24, 2.45) is 5.92 Å². The molecule has 0 rings (SSSR count). The zero-order valence-corrected chi connectivity index (χ0v) is 12.5. The number of halogens is 1. The Morgan fingerprint density at radius 3 is 2.06 bits per heavy atom. The topological polar surface area (TPSA) is 0 Å². The molecule has 0 bridgehead atoms. The summed E-state index contributed by atoms with van der Waals surface area (Å²) in [5.41, 5.74) is 2.44. The summed E-state index contributed by atoms with van der Waals surface area (Å²) in [6.07, 6.45) is 6.23. The third kappa shape index (κ3) is 11.6. The summed E-state index contributed by atoms with van der Waals surface area (Å²) in [6.45, 7) is 16.5. The van der Waals surface area contributed by atoms with Crippen molar-refractivity contribution in [2.75, 3.05) is 0 Å². The summed E-state index contributed by atoms with van der Waals surface area (Å²) in [7, 11) is 0. The van der Waals surface area contributed by atoms with Gasteiger partial charge in [0.05, 0.1) is 0 Å². The molecule has 0 radical (unpaired) electrons. The van der Waals surface area contributed by atoms with Crippen LogP contribution >= 0.6 is 11.6 Å². The molecule has 0 saturated carbocycles. The maximum Gasteiger partial charge on any atom is 0.0150 e. The predicted octanol–water partition coefficient (Wildman–Crippen LogP) is 6.09. The Bertz CT molecular complexity index is 240. The molecule has 0 aliphatic heterocycles. The van der Waals surface area contributed by atoms with E-state index in [4.69, 9.17) is 11.6 Å². The highest BCUT2D eigenvalue weighted by Crippen LogP contribution is 2.17. The van der Waals surface area contributed by atoms with Gasteiger partial charge in [0.1, 0.15) is 0 Å². The first kappa shape index (κ1) is 17.9. The Labute approximate surface area is 107 Å². The lowest BCUT2D eigenvalue weighted by Crippen LogP contribution is -1.90. The molecule has 0 saturated heterocycles. The van der Waals surface area contributed by atoms with Gasteiger partial charge in [-0.1, -0.05) is 57.5 Å². The van der Waals surface area contributed by atoms with Crippen molar-refractivity contribution in [3.63, 3.8) is 0 Å². The monoisotopic (exact) mass is 242 g/mol. The minimum atomic E-state index is 0.741. The molecule has 94 valence electrons. The number of allylic oxidation sites excluding steroid dienone is 5. The molecule has 0 fully saturated rings. The molecule has 0 aliphatic rings. The summed E-state index contributed by atoms with van der Waals surface area (Å²) in [5, 5.41) is 0.806. The largest absolute Gasteiger partial charge is 0.0956 e. The van der Waals surface area contributed by atoms with Crippen LogP contribution in [-0.4, -0.2) is 0 Å². The van der Waals surface area contributed by atoms with Crippen LogP contribution in [0.25, 0.3) is 0 Å². The molecule has 0 amide bonds. The summed E-state index contributed by atoms with van der Waals surface area (Å²) >= 11 is 5.74. The van der Waals surface area contributed by atoms with Crippen molar-refractivity contribution in [2.45, 2.75) is 54.4 Å². The minimum absolute atomic E-state index is 0.741. The van der Waals surface area contributed by atoms with Gasteiger partial charge in [-0.05, 0) is 44.3 Å². The second kappa shape index (κ2) is 11.0. The highest BCUT2D eigenvalue weighted by Gasteiger charge is 1.99. The summed E-state index contributed by atoms with van der Waals surface area (Å²) in [6, 6.07) is 0. The van der Waals surface area contributed by atoms with Crippen LogP contribution in [-0.2, 0) is 0 Å². The van der Waals surface area contributed by atoms with E-state index in [1.54, 1.807) is 0 Å². The number of hydrogen-bond donors (Lipinski definition) is 0. The van der Waals surface area contributed by atoms with E-state index < -0.39 is 0 Å². The molecular formula is C15H27Cl. The molecule has 0 aromatic carbocycles. The molecule has 0 unspecified atom stereocenters. The van der Waals surface area contributed by atoms with E-state index in [1.165, 1.54) is 17.6 Å². The van der Waals surface area contributed by atoms with Crippen LogP contribution in [0.4, 0.5) is 0 Å². The molecule has 0 aromatic heterocycles. The first-order valence-electron chi connectivity index (χ1n) is 6.12. The molecular weight excluding hydrogens is 216 g/mol. The zero-order chi connectivity index (χ0) is 13.1. The average molecular weight is 243 g/mol. The Morgan fingerprint density at radius 2 is 1.69 bits per heavy atom. The first-order valence-corrected chi connectivity index (χ1v) is 6.50. The van der Waals surface area contributed by atoms with Gasteiger partial charge in [0.2, 0.25) is 0 Å². The standard InChI is InChI=1S/C13H21Cl.C2H6/c1-10(2)6-7-11(3)12(4)8-9-13(5)14;1-2/h8-10H,3,6-7H2,1-2,4-5H3;1-2H3/b12-8+,13-9+;. The molecule has 0 N–H and O–H groups in total. The van der Waals surface area contributed by atoms with Crippen LogP contribution in [0.15, 0.2) is 34.9 Å². The van der Waals surface area contributed by atoms with E-state index in [0.717, 1.165) is 17.4 Å². The second-order valence-electron chi connectivity index (χ2n) is 4.14. The molecule has 0 aliphatic carbocycles. The van der Waals surface area contributed by atoms with Gasteiger partial charge in [0, 0.05) is 5.03 Å². The van der Waals surface area contributed by atoms with E-state index in [9.17, 15) is 0 Å². The number of rotatable bonds is 5. The summed E-state index contributed by atoms with van der Waals surface area (Å²) < 4.78 is 0. The molecule has 1 heteroatoms. The van der Waals surface area contributed by atoms with E-state index >= 15 is 0 Å². The fourth-order valence-electron chi connectivity index (χ4n) is 1.02. The summed E-state index contributed by atoms with van der Waals surface area (Å²) in [5.74, 6) is 0.741. The van der Waals surface area contributed by atoms with E-state index in [1.807, 2.05) is 32.9 Å². The smallest absolute Gasteiger partial charge is 0.0150 e. The predicted molar refractivity (Wildman–Crippen MR) is 77.9 cm³/mol. The van der Waals surface area contributed by atoms with Gasteiger partial charge in [-0.2, -0.15) is 0 Å². The van der Waals surface area contributed by atoms with E-state index in [-0.39, 0.29) is 0 Å². The molecule has 0 heterocycles. The highest BCUT2D eigenvalue weighted by molar-refractivity contribution is 6.29. The van der Waals surface area contributed by atoms with Crippen molar-refractivity contribution < 1.29 is 0 Å². The van der Waals surface area contributed by atoms with E-state index in [0.29, 0.717) is 0 Å². The maximum atomic E-state index is 5.74. The fraction of sp³-hybridized carbons (Fsp3) is 0.600. The molecule has 0 aromatic rings. The lowest BCUT2D eigenvalue weighted by Gasteiger charge is -2.07. The van der Waals surface area contributed by atoms with Gasteiger partial charge < -0.3 is 0 Å². The third-order valence-corrected chi connectivity index (χ3v) is 2.27. The first-order chi connectivity index (χ1) is 7.43. The van der Waals surface area contributed by atoms with Crippen LogP contribution < -0.4 is 0 Å². The van der Waals surface area contributed by atoms with Gasteiger partial charge in [-0.3, -0.25) is 0 Å². The van der Waals surface area contributed by atoms with Gasteiger partial charge in [-0.15, -0.1) is 0 Å². The Kier molecular flexibility index (Phi) is 12.3. The van der Waals surface area contributed by atoms with Crippen LogP contribution in [0.1, 0.15) is 54.4 Å². The quantitative estimate of drug-likeness (QED) is 0.512. The lowest BCUT2D eigenvalue weighted by molar-refractivity contribution is 0.587. The minimum Gasteiger partial charge on any atom is -0.0956 e. The second-order valence-corrected chi connectivity index (χ2v) is 4.74. The molecule has 16 heavy (non-hydrogen) atoms. The van der Waals surface area contributed by atoms with Crippen molar-refractivity contribution in [1.29, 1.82) is 0 Å². The van der Waals surface area contributed by atoms with Crippen LogP contribution in [0.3, 0.4) is 0 Å². The molecule has 0 nitrogen and oxygen atoms in total. The van der Waals surface area contributed by atoms with Crippen molar-refractivity contribution >= 4 is 11.6 Å². The fourth-order valence-corrected chi connectivity index (χ4v) is 1.08. The van der Waals surface area contributed by atoms with Crippen molar-refractivity contribution in [1.82, 2.24) is 0 Å². The van der Waals surface area contributed by atoms with Crippen molar-refractivity contribution in [3.8, 4) is 0 Å². The summed E-state index contributed by atoms with van der Waals surface area (Å²) in [4.78, 5) is 0. The van der Waals surface area contributed by atoms with Crippen LogP contribution in [0.5, 0.6) is 0 Å². The van der Waals surface area contributed by atoms with Gasteiger partial charge in [-0.25, -0.2) is 0 Å². The normalized spacial score (nSPS) is 12.2. The van der Waals surface area contributed by atoms with Gasteiger partial charge in [0.25, 0.3) is 0 Å². The SMILES string of the molecule is C=C(CCC(C)C)/C(C)=C/C=C(\C)Cl.CC. The van der Waals surface area contributed by atoms with Crippen molar-refractivity contribution in [3.05, 3.63) is 34.9 Å². The Hall–Kier alpha value is -0.490.